The van der Waals surface area contributed by atoms with Gasteiger partial charge < -0.3 is 10.5 Å². The zero-order valence-electron chi connectivity index (χ0n) is 8.75. The molecule has 0 radical (unpaired) electrons. The SMILES string of the molecule is COC(=C=O)CCCCCCCN.Cl. The van der Waals surface area contributed by atoms with Crippen molar-refractivity contribution >= 4 is 18.3 Å². The molecule has 0 aromatic carbocycles. The Labute approximate surface area is 92.1 Å². The summed E-state index contributed by atoms with van der Waals surface area (Å²) in [5, 5.41) is 0. The standard InChI is InChI=1S/C10H19NO2.ClH/c1-13-10(9-12)7-5-3-2-4-6-8-11;/h2-8,11H2,1H3;1H. The second kappa shape index (κ2) is 12.5. The van der Waals surface area contributed by atoms with Crippen molar-refractivity contribution in [3.8, 4) is 0 Å². The molecule has 0 aliphatic rings. The van der Waals surface area contributed by atoms with E-state index in [-0.39, 0.29) is 12.4 Å². The second-order valence-electron chi connectivity index (χ2n) is 3.04. The maximum atomic E-state index is 10.2. The number of nitrogens with two attached hydrogens (primary N) is 1. The second-order valence-corrected chi connectivity index (χ2v) is 3.04. The van der Waals surface area contributed by atoms with E-state index in [0.717, 1.165) is 25.8 Å². The molecule has 0 saturated heterocycles. The minimum Gasteiger partial charge on any atom is -0.490 e. The summed E-state index contributed by atoms with van der Waals surface area (Å²) in [5.74, 6) is 2.21. The Morgan fingerprint density at radius 2 is 1.79 bits per heavy atom. The van der Waals surface area contributed by atoms with Crippen molar-refractivity contribution in [1.82, 2.24) is 0 Å². The first kappa shape index (κ1) is 15.9. The van der Waals surface area contributed by atoms with E-state index in [2.05, 4.69) is 0 Å². The van der Waals surface area contributed by atoms with Gasteiger partial charge in [-0.3, -0.25) is 0 Å². The van der Waals surface area contributed by atoms with Crippen molar-refractivity contribution < 1.29 is 9.53 Å². The van der Waals surface area contributed by atoms with E-state index in [1.807, 2.05) is 0 Å². The number of methoxy groups -OCH3 is 1. The van der Waals surface area contributed by atoms with Gasteiger partial charge in [0.25, 0.3) is 0 Å². The molecule has 0 saturated carbocycles. The molecule has 0 spiro atoms. The van der Waals surface area contributed by atoms with Gasteiger partial charge in [0.1, 0.15) is 0 Å². The molecule has 0 aromatic heterocycles. The van der Waals surface area contributed by atoms with E-state index in [1.54, 1.807) is 5.94 Å². The van der Waals surface area contributed by atoms with Crippen molar-refractivity contribution in [2.24, 2.45) is 5.73 Å². The van der Waals surface area contributed by atoms with Crippen LogP contribution in [0.5, 0.6) is 0 Å². The molecule has 0 aliphatic carbocycles. The number of unbranched alkanes of at least 4 members (excludes halogenated alkanes) is 4. The van der Waals surface area contributed by atoms with Crippen LogP contribution in [-0.2, 0) is 9.53 Å². The molecule has 0 bridgehead atoms. The molecule has 84 valence electrons. The Hall–Kier alpha value is -0.500. The molecule has 0 atom stereocenters. The van der Waals surface area contributed by atoms with Gasteiger partial charge in [0.05, 0.1) is 7.11 Å². The summed E-state index contributed by atoms with van der Waals surface area (Å²) in [6, 6.07) is 0. The van der Waals surface area contributed by atoms with Crippen molar-refractivity contribution in [3.63, 3.8) is 0 Å². The first-order valence-electron chi connectivity index (χ1n) is 4.83. The number of carbonyl (C=O) groups excluding carboxylic acids is 1. The van der Waals surface area contributed by atoms with Crippen LogP contribution >= 0.6 is 12.4 Å². The largest absolute Gasteiger partial charge is 0.490 e. The summed E-state index contributed by atoms with van der Waals surface area (Å²) in [6.07, 6.45) is 6.32. The highest BCUT2D eigenvalue weighted by Crippen LogP contribution is 2.08. The van der Waals surface area contributed by atoms with Crippen molar-refractivity contribution in [2.45, 2.75) is 38.5 Å². The highest BCUT2D eigenvalue weighted by Gasteiger charge is 1.96. The lowest BCUT2D eigenvalue weighted by Gasteiger charge is -2.01. The number of hydrogen-bond acceptors (Lipinski definition) is 3. The van der Waals surface area contributed by atoms with E-state index in [1.165, 1.54) is 20.0 Å². The van der Waals surface area contributed by atoms with Gasteiger partial charge in [-0.25, -0.2) is 4.79 Å². The number of hydrogen-bond donors (Lipinski definition) is 1. The molecule has 0 fully saturated rings. The fraction of sp³-hybridized carbons (Fsp3) is 0.800. The number of allylic oxidation sites excluding steroid dienone is 1. The average molecular weight is 222 g/mol. The van der Waals surface area contributed by atoms with Gasteiger partial charge in [0.15, 0.2) is 11.7 Å². The zero-order chi connectivity index (χ0) is 9.94. The molecule has 2 N–H and O–H groups in total. The summed E-state index contributed by atoms with van der Waals surface area (Å²) in [6.45, 7) is 0.775. The Bertz CT molecular complexity index is 168. The number of rotatable bonds is 8. The van der Waals surface area contributed by atoms with Crippen LogP contribution in [-0.4, -0.2) is 19.6 Å². The van der Waals surface area contributed by atoms with E-state index >= 15 is 0 Å². The lowest BCUT2D eigenvalue weighted by molar-refractivity contribution is 0.277. The van der Waals surface area contributed by atoms with Crippen LogP contribution < -0.4 is 5.73 Å². The lowest BCUT2D eigenvalue weighted by Crippen LogP contribution is -1.97. The third kappa shape index (κ3) is 9.59. The minimum absolute atomic E-state index is 0. The van der Waals surface area contributed by atoms with Crippen LogP contribution in [0.3, 0.4) is 0 Å². The minimum atomic E-state index is 0. The molecule has 0 heterocycles. The van der Waals surface area contributed by atoms with Crippen LogP contribution in [0, 0.1) is 0 Å². The molecule has 0 aromatic rings. The van der Waals surface area contributed by atoms with E-state index in [0.29, 0.717) is 12.2 Å². The molecule has 4 heteroatoms. The lowest BCUT2D eigenvalue weighted by atomic mass is 10.1. The van der Waals surface area contributed by atoms with Crippen LogP contribution in [0.1, 0.15) is 38.5 Å². The fourth-order valence-electron chi connectivity index (χ4n) is 1.15. The summed E-state index contributed by atoms with van der Waals surface area (Å²) < 4.78 is 4.80. The Morgan fingerprint density at radius 1 is 1.21 bits per heavy atom. The first-order chi connectivity index (χ1) is 6.35. The third-order valence-corrected chi connectivity index (χ3v) is 1.97. The predicted molar refractivity (Wildman–Crippen MR) is 60.2 cm³/mol. The van der Waals surface area contributed by atoms with Crippen LogP contribution in [0.15, 0.2) is 5.76 Å². The molecule has 0 unspecified atom stereocenters. The molecular formula is C10H20ClNO2. The van der Waals surface area contributed by atoms with Gasteiger partial charge in [0.2, 0.25) is 0 Å². The highest BCUT2D eigenvalue weighted by atomic mass is 35.5. The molecule has 14 heavy (non-hydrogen) atoms. The normalized spacial score (nSPS) is 8.71. The zero-order valence-corrected chi connectivity index (χ0v) is 9.57. The van der Waals surface area contributed by atoms with Gasteiger partial charge in [-0.1, -0.05) is 19.3 Å². The van der Waals surface area contributed by atoms with Crippen molar-refractivity contribution in [2.75, 3.05) is 13.7 Å². The smallest absolute Gasteiger partial charge is 0.179 e. The van der Waals surface area contributed by atoms with Crippen LogP contribution in [0.2, 0.25) is 0 Å². The summed E-state index contributed by atoms with van der Waals surface area (Å²) in [7, 11) is 1.51. The molecule has 3 nitrogen and oxygen atoms in total. The van der Waals surface area contributed by atoms with Gasteiger partial charge in [-0.2, -0.15) is 0 Å². The maximum Gasteiger partial charge on any atom is 0.179 e. The van der Waals surface area contributed by atoms with Gasteiger partial charge in [-0.05, 0) is 19.4 Å². The van der Waals surface area contributed by atoms with Crippen molar-refractivity contribution in [3.05, 3.63) is 5.76 Å². The molecule has 0 amide bonds. The fourth-order valence-corrected chi connectivity index (χ4v) is 1.15. The monoisotopic (exact) mass is 221 g/mol. The van der Waals surface area contributed by atoms with Crippen LogP contribution in [0.25, 0.3) is 0 Å². The van der Waals surface area contributed by atoms with E-state index in [9.17, 15) is 4.79 Å². The Balaban J connectivity index is 0. The van der Waals surface area contributed by atoms with E-state index < -0.39 is 0 Å². The first-order valence-corrected chi connectivity index (χ1v) is 4.83. The number of ether oxygens (including phenoxy) is 1. The predicted octanol–water partition coefficient (Wildman–Crippen LogP) is 2.07. The maximum absolute atomic E-state index is 10.2. The van der Waals surface area contributed by atoms with Gasteiger partial charge in [0, 0.05) is 6.42 Å². The summed E-state index contributed by atoms with van der Waals surface area (Å²) in [5.41, 5.74) is 5.36. The van der Waals surface area contributed by atoms with Gasteiger partial charge in [-0.15, -0.1) is 12.4 Å². The average Bonchev–Trinajstić information content (AvgIpc) is 2.17. The number of halogens is 1. The summed E-state index contributed by atoms with van der Waals surface area (Å²) in [4.78, 5) is 10.2. The summed E-state index contributed by atoms with van der Waals surface area (Å²) >= 11 is 0. The Morgan fingerprint density at radius 3 is 2.29 bits per heavy atom. The van der Waals surface area contributed by atoms with E-state index in [4.69, 9.17) is 10.5 Å². The topological polar surface area (TPSA) is 52.3 Å². The third-order valence-electron chi connectivity index (χ3n) is 1.97. The molecular weight excluding hydrogens is 202 g/mol. The van der Waals surface area contributed by atoms with Gasteiger partial charge >= 0.3 is 0 Å². The quantitative estimate of drug-likeness (QED) is 0.388. The van der Waals surface area contributed by atoms with Crippen molar-refractivity contribution in [1.29, 1.82) is 0 Å². The van der Waals surface area contributed by atoms with Crippen LogP contribution in [0.4, 0.5) is 0 Å². The highest BCUT2D eigenvalue weighted by molar-refractivity contribution is 5.85. The molecule has 0 rings (SSSR count). The Kier molecular flexibility index (Phi) is 14.2. The molecule has 0 aliphatic heterocycles.